The lowest BCUT2D eigenvalue weighted by Crippen LogP contribution is -2.29. The van der Waals surface area contributed by atoms with Gasteiger partial charge in [0.1, 0.15) is 0 Å². The molecule has 102 valence electrons. The van der Waals surface area contributed by atoms with E-state index in [2.05, 4.69) is 54.7 Å². The summed E-state index contributed by atoms with van der Waals surface area (Å²) < 4.78 is 0. The largest absolute Gasteiger partial charge is 0.330 e. The standard InChI is InChI=1S/C17H24N2/c1-2-14(12-18)13-19-11-10-16-8-5-7-15-6-3-4-9-17(15)16/h3-9,14,19H,2,10-13,18H2,1H3. The van der Waals surface area contributed by atoms with Gasteiger partial charge in [0.25, 0.3) is 0 Å². The van der Waals surface area contributed by atoms with Crippen molar-refractivity contribution in [3.63, 3.8) is 0 Å². The minimum Gasteiger partial charge on any atom is -0.330 e. The lowest BCUT2D eigenvalue weighted by molar-refractivity contribution is 0.474. The van der Waals surface area contributed by atoms with E-state index >= 15 is 0 Å². The van der Waals surface area contributed by atoms with Crippen molar-refractivity contribution in [2.45, 2.75) is 19.8 Å². The number of hydrogen-bond acceptors (Lipinski definition) is 2. The molecule has 0 aliphatic carbocycles. The van der Waals surface area contributed by atoms with E-state index in [0.717, 1.165) is 32.5 Å². The van der Waals surface area contributed by atoms with E-state index < -0.39 is 0 Å². The molecule has 0 spiro atoms. The first-order valence-electron chi connectivity index (χ1n) is 7.22. The highest BCUT2D eigenvalue weighted by molar-refractivity contribution is 5.85. The normalized spacial score (nSPS) is 12.7. The highest BCUT2D eigenvalue weighted by Crippen LogP contribution is 2.18. The van der Waals surface area contributed by atoms with Crippen molar-refractivity contribution in [2.24, 2.45) is 11.7 Å². The van der Waals surface area contributed by atoms with Crippen LogP contribution in [-0.2, 0) is 6.42 Å². The van der Waals surface area contributed by atoms with E-state index in [1.807, 2.05) is 0 Å². The van der Waals surface area contributed by atoms with E-state index in [4.69, 9.17) is 5.73 Å². The Hall–Kier alpha value is -1.38. The van der Waals surface area contributed by atoms with E-state index in [9.17, 15) is 0 Å². The van der Waals surface area contributed by atoms with Crippen molar-refractivity contribution in [2.75, 3.05) is 19.6 Å². The topological polar surface area (TPSA) is 38.0 Å². The van der Waals surface area contributed by atoms with Gasteiger partial charge in [-0.2, -0.15) is 0 Å². The first kappa shape index (κ1) is 14.0. The van der Waals surface area contributed by atoms with Crippen LogP contribution in [0, 0.1) is 5.92 Å². The zero-order chi connectivity index (χ0) is 13.5. The number of nitrogens with two attached hydrogens (primary N) is 1. The summed E-state index contributed by atoms with van der Waals surface area (Å²) in [6.45, 7) is 5.02. The predicted molar refractivity (Wildman–Crippen MR) is 83.4 cm³/mol. The van der Waals surface area contributed by atoms with Crippen LogP contribution in [0.1, 0.15) is 18.9 Å². The second-order valence-electron chi connectivity index (χ2n) is 5.10. The van der Waals surface area contributed by atoms with Gasteiger partial charge in [0.2, 0.25) is 0 Å². The van der Waals surface area contributed by atoms with Crippen LogP contribution in [0.25, 0.3) is 10.8 Å². The van der Waals surface area contributed by atoms with Gasteiger partial charge in [-0.05, 0) is 48.3 Å². The van der Waals surface area contributed by atoms with E-state index in [1.54, 1.807) is 0 Å². The number of rotatable bonds is 7. The highest BCUT2D eigenvalue weighted by atomic mass is 14.9. The summed E-state index contributed by atoms with van der Waals surface area (Å²) in [7, 11) is 0. The van der Waals surface area contributed by atoms with Crippen LogP contribution in [-0.4, -0.2) is 19.6 Å². The molecule has 0 aromatic heterocycles. The Labute approximate surface area is 116 Å². The molecule has 2 aromatic carbocycles. The summed E-state index contributed by atoms with van der Waals surface area (Å²) in [5, 5.41) is 6.22. The van der Waals surface area contributed by atoms with Gasteiger partial charge in [-0.1, -0.05) is 55.8 Å². The molecule has 1 atom stereocenters. The van der Waals surface area contributed by atoms with Gasteiger partial charge in [-0.3, -0.25) is 0 Å². The summed E-state index contributed by atoms with van der Waals surface area (Å²) >= 11 is 0. The minimum absolute atomic E-state index is 0.604. The Balaban J connectivity index is 1.91. The van der Waals surface area contributed by atoms with Gasteiger partial charge in [-0.25, -0.2) is 0 Å². The molecule has 0 bridgehead atoms. The van der Waals surface area contributed by atoms with Gasteiger partial charge in [0.05, 0.1) is 0 Å². The summed E-state index contributed by atoms with van der Waals surface area (Å²) in [4.78, 5) is 0. The Bertz CT molecular complexity index is 498. The lowest BCUT2D eigenvalue weighted by atomic mass is 10.0. The smallest absolute Gasteiger partial charge is 0.000800 e. The van der Waals surface area contributed by atoms with E-state index in [1.165, 1.54) is 16.3 Å². The fraction of sp³-hybridized carbons (Fsp3) is 0.412. The van der Waals surface area contributed by atoms with Crippen LogP contribution in [0.5, 0.6) is 0 Å². The molecular weight excluding hydrogens is 232 g/mol. The molecule has 19 heavy (non-hydrogen) atoms. The SMILES string of the molecule is CCC(CN)CNCCc1cccc2ccccc12. The second-order valence-corrected chi connectivity index (χ2v) is 5.10. The highest BCUT2D eigenvalue weighted by Gasteiger charge is 2.03. The van der Waals surface area contributed by atoms with Crippen molar-refractivity contribution in [3.05, 3.63) is 48.0 Å². The third kappa shape index (κ3) is 3.79. The zero-order valence-electron chi connectivity index (χ0n) is 11.7. The molecule has 2 aromatic rings. The predicted octanol–water partition coefficient (Wildman–Crippen LogP) is 2.96. The molecule has 0 saturated carbocycles. The number of nitrogens with one attached hydrogen (secondary N) is 1. The third-order valence-corrected chi connectivity index (χ3v) is 3.79. The molecule has 0 radical (unpaired) electrons. The van der Waals surface area contributed by atoms with Gasteiger partial charge in [0, 0.05) is 0 Å². The van der Waals surface area contributed by atoms with Gasteiger partial charge in [-0.15, -0.1) is 0 Å². The van der Waals surface area contributed by atoms with Gasteiger partial charge < -0.3 is 11.1 Å². The maximum absolute atomic E-state index is 5.71. The van der Waals surface area contributed by atoms with Crippen LogP contribution in [0.4, 0.5) is 0 Å². The molecule has 1 unspecified atom stereocenters. The molecule has 3 N–H and O–H groups in total. The maximum Gasteiger partial charge on any atom is -0.000800 e. The summed E-state index contributed by atoms with van der Waals surface area (Å²) in [6, 6.07) is 15.1. The van der Waals surface area contributed by atoms with Crippen LogP contribution < -0.4 is 11.1 Å². The molecule has 0 aliphatic heterocycles. The van der Waals surface area contributed by atoms with Crippen LogP contribution in [0.2, 0.25) is 0 Å². The van der Waals surface area contributed by atoms with Crippen molar-refractivity contribution < 1.29 is 0 Å². The third-order valence-electron chi connectivity index (χ3n) is 3.79. The fourth-order valence-corrected chi connectivity index (χ4v) is 2.43. The molecular formula is C17H24N2. The average molecular weight is 256 g/mol. The fourth-order valence-electron chi connectivity index (χ4n) is 2.43. The van der Waals surface area contributed by atoms with Crippen LogP contribution in [0.3, 0.4) is 0 Å². The monoisotopic (exact) mass is 256 g/mol. The van der Waals surface area contributed by atoms with E-state index in [-0.39, 0.29) is 0 Å². The number of fused-ring (bicyclic) bond motifs is 1. The van der Waals surface area contributed by atoms with Gasteiger partial charge >= 0.3 is 0 Å². The quantitative estimate of drug-likeness (QED) is 0.747. The summed E-state index contributed by atoms with van der Waals surface area (Å²) in [5.41, 5.74) is 7.13. The maximum atomic E-state index is 5.71. The number of benzene rings is 2. The summed E-state index contributed by atoms with van der Waals surface area (Å²) in [6.07, 6.45) is 2.22. The van der Waals surface area contributed by atoms with Crippen molar-refractivity contribution >= 4 is 10.8 Å². The Morgan fingerprint density at radius 1 is 1.11 bits per heavy atom. The van der Waals surface area contributed by atoms with Crippen LogP contribution in [0.15, 0.2) is 42.5 Å². The first-order chi connectivity index (χ1) is 9.35. The van der Waals surface area contributed by atoms with Crippen molar-refractivity contribution in [3.8, 4) is 0 Å². The van der Waals surface area contributed by atoms with E-state index in [0.29, 0.717) is 5.92 Å². The molecule has 0 heterocycles. The Morgan fingerprint density at radius 3 is 2.68 bits per heavy atom. The molecule has 0 saturated heterocycles. The molecule has 0 fully saturated rings. The molecule has 2 nitrogen and oxygen atoms in total. The summed E-state index contributed by atoms with van der Waals surface area (Å²) in [5.74, 6) is 0.604. The molecule has 0 amide bonds. The minimum atomic E-state index is 0.604. The molecule has 2 rings (SSSR count). The first-order valence-corrected chi connectivity index (χ1v) is 7.22. The molecule has 0 aliphatic rings. The van der Waals surface area contributed by atoms with Crippen molar-refractivity contribution in [1.29, 1.82) is 0 Å². The van der Waals surface area contributed by atoms with Crippen LogP contribution >= 0.6 is 0 Å². The zero-order valence-corrected chi connectivity index (χ0v) is 11.7. The molecule has 2 heteroatoms. The lowest BCUT2D eigenvalue weighted by Gasteiger charge is -2.13. The van der Waals surface area contributed by atoms with Crippen molar-refractivity contribution in [1.82, 2.24) is 5.32 Å². The average Bonchev–Trinajstić information content (AvgIpc) is 2.47. The Kier molecular flexibility index (Phi) is 5.37. The number of hydrogen-bond donors (Lipinski definition) is 2. The second kappa shape index (κ2) is 7.27. The Morgan fingerprint density at radius 2 is 1.89 bits per heavy atom. The van der Waals surface area contributed by atoms with Gasteiger partial charge in [0.15, 0.2) is 0 Å².